The van der Waals surface area contributed by atoms with Crippen LogP contribution in [0, 0.1) is 26.0 Å². The Balaban J connectivity index is 1.69. The van der Waals surface area contributed by atoms with Crippen molar-refractivity contribution >= 4 is 23.6 Å². The Kier molecular flexibility index (Phi) is 7.51. The summed E-state index contributed by atoms with van der Waals surface area (Å²) in [5.41, 5.74) is -0.850. The number of piperazine rings is 1. The Morgan fingerprint density at radius 1 is 1.12 bits per heavy atom. The predicted molar refractivity (Wildman–Crippen MR) is 118 cm³/mol. The summed E-state index contributed by atoms with van der Waals surface area (Å²) >= 11 is 0. The van der Waals surface area contributed by atoms with Gasteiger partial charge < -0.3 is 9.64 Å². The number of carbonyl (C=O) groups excluding carboxylic acids is 2. The number of halogens is 1. The van der Waals surface area contributed by atoms with Crippen molar-refractivity contribution in [1.29, 1.82) is 0 Å². The fourth-order valence-electron chi connectivity index (χ4n) is 3.91. The van der Waals surface area contributed by atoms with Crippen molar-refractivity contribution in [1.82, 2.24) is 9.80 Å². The molecule has 34 heavy (non-hydrogen) atoms. The van der Waals surface area contributed by atoms with E-state index in [0.717, 1.165) is 11.6 Å². The van der Waals surface area contributed by atoms with Gasteiger partial charge in [-0.25, -0.2) is 4.39 Å². The highest BCUT2D eigenvalue weighted by Crippen LogP contribution is 2.34. The lowest BCUT2D eigenvalue weighted by Gasteiger charge is -2.44. The summed E-state index contributed by atoms with van der Waals surface area (Å²) in [6.45, 7) is 4.72. The van der Waals surface area contributed by atoms with Crippen LogP contribution in [0.5, 0.6) is 5.75 Å². The van der Waals surface area contributed by atoms with Gasteiger partial charge in [-0.2, -0.15) is 0 Å². The number of nitro benzene ring substituents is 2. The molecule has 0 N–H and O–H groups in total. The maximum absolute atomic E-state index is 13.2. The molecule has 2 aromatic carbocycles. The number of ether oxygens (including phenoxy) is 1. The molecule has 180 valence electrons. The first-order valence-corrected chi connectivity index (χ1v) is 10.4. The second kappa shape index (κ2) is 10.3. The molecule has 2 aromatic rings. The van der Waals surface area contributed by atoms with Crippen molar-refractivity contribution in [2.75, 3.05) is 19.7 Å². The van der Waals surface area contributed by atoms with Crippen molar-refractivity contribution in [2.24, 2.45) is 0 Å². The fraction of sp³-hybridized carbons (Fsp3) is 0.364. The summed E-state index contributed by atoms with van der Waals surface area (Å²) in [5.74, 6) is -1.24. The third-order valence-electron chi connectivity index (χ3n) is 5.69. The van der Waals surface area contributed by atoms with Gasteiger partial charge in [-0.3, -0.25) is 34.7 Å². The Morgan fingerprint density at radius 3 is 2.38 bits per heavy atom. The number of benzene rings is 2. The number of aldehydes is 1. The third-order valence-corrected chi connectivity index (χ3v) is 5.69. The van der Waals surface area contributed by atoms with Gasteiger partial charge in [-0.05, 0) is 31.5 Å². The van der Waals surface area contributed by atoms with Gasteiger partial charge in [0.05, 0.1) is 21.5 Å². The Morgan fingerprint density at radius 2 is 1.79 bits per heavy atom. The van der Waals surface area contributed by atoms with Crippen LogP contribution in [0.1, 0.15) is 29.8 Å². The second-order valence-corrected chi connectivity index (χ2v) is 8.10. The summed E-state index contributed by atoms with van der Waals surface area (Å²) in [7, 11) is 0. The SMILES string of the molecule is C[C@@H]1CN(C(=O)COc2c(C=O)cc([N+](=O)[O-])cc2[N+](=O)[O-])[C@@H](C)CN1Cc1ccc(F)cc1. The number of non-ortho nitro benzene ring substituents is 1. The molecule has 0 unspecified atom stereocenters. The summed E-state index contributed by atoms with van der Waals surface area (Å²) in [6, 6.07) is 7.52. The van der Waals surface area contributed by atoms with E-state index in [2.05, 4.69) is 4.90 Å². The van der Waals surface area contributed by atoms with E-state index in [0.29, 0.717) is 25.7 Å². The van der Waals surface area contributed by atoms with Crippen LogP contribution in [0.15, 0.2) is 36.4 Å². The van der Waals surface area contributed by atoms with Gasteiger partial charge in [0.15, 0.2) is 12.9 Å². The fourth-order valence-corrected chi connectivity index (χ4v) is 3.91. The maximum atomic E-state index is 13.2. The van der Waals surface area contributed by atoms with Crippen molar-refractivity contribution in [3.05, 3.63) is 73.6 Å². The monoisotopic (exact) mass is 474 g/mol. The first-order chi connectivity index (χ1) is 16.1. The molecule has 12 heteroatoms. The number of nitro groups is 2. The minimum absolute atomic E-state index is 0.0237. The van der Waals surface area contributed by atoms with Crippen LogP contribution in [0.25, 0.3) is 0 Å². The summed E-state index contributed by atoms with van der Waals surface area (Å²) < 4.78 is 18.5. The molecule has 0 bridgehead atoms. The van der Waals surface area contributed by atoms with E-state index in [-0.39, 0.29) is 29.8 Å². The molecule has 0 saturated carbocycles. The average Bonchev–Trinajstić information content (AvgIpc) is 2.80. The first kappa shape index (κ1) is 24.7. The molecule has 0 aliphatic carbocycles. The van der Waals surface area contributed by atoms with Gasteiger partial charge in [-0.1, -0.05) is 12.1 Å². The van der Waals surface area contributed by atoms with Crippen LogP contribution in [0.2, 0.25) is 0 Å². The highest BCUT2D eigenvalue weighted by molar-refractivity contribution is 5.85. The smallest absolute Gasteiger partial charge is 0.318 e. The van der Waals surface area contributed by atoms with Gasteiger partial charge in [0, 0.05) is 37.8 Å². The number of hydrogen-bond acceptors (Lipinski definition) is 8. The van der Waals surface area contributed by atoms with Crippen LogP contribution in [-0.4, -0.2) is 63.6 Å². The third kappa shape index (κ3) is 5.52. The number of carbonyl (C=O) groups is 2. The van der Waals surface area contributed by atoms with E-state index < -0.39 is 39.5 Å². The zero-order chi connectivity index (χ0) is 25.0. The van der Waals surface area contributed by atoms with Gasteiger partial charge in [0.25, 0.3) is 11.6 Å². The van der Waals surface area contributed by atoms with E-state index in [1.807, 2.05) is 13.8 Å². The molecule has 0 spiro atoms. The largest absolute Gasteiger partial charge is 0.476 e. The molecule has 0 aromatic heterocycles. The average molecular weight is 474 g/mol. The van der Waals surface area contributed by atoms with E-state index in [9.17, 15) is 34.2 Å². The zero-order valence-electron chi connectivity index (χ0n) is 18.5. The van der Waals surface area contributed by atoms with E-state index in [1.165, 1.54) is 12.1 Å². The summed E-state index contributed by atoms with van der Waals surface area (Å²) in [4.78, 5) is 48.6. The lowest BCUT2D eigenvalue weighted by Crippen LogP contribution is -2.58. The topological polar surface area (TPSA) is 136 Å². The molecule has 0 radical (unpaired) electrons. The molecular weight excluding hydrogens is 451 g/mol. The quantitative estimate of drug-likeness (QED) is 0.324. The van der Waals surface area contributed by atoms with Crippen molar-refractivity contribution in [3.8, 4) is 5.75 Å². The number of amides is 1. The maximum Gasteiger partial charge on any atom is 0.318 e. The lowest BCUT2D eigenvalue weighted by atomic mass is 10.1. The van der Waals surface area contributed by atoms with Crippen LogP contribution in [0.3, 0.4) is 0 Å². The van der Waals surface area contributed by atoms with Crippen molar-refractivity contribution < 1.29 is 28.6 Å². The number of nitrogens with zero attached hydrogens (tertiary/aromatic N) is 4. The molecule has 1 aliphatic rings. The Hall–Kier alpha value is -3.93. The van der Waals surface area contributed by atoms with Crippen LogP contribution in [-0.2, 0) is 11.3 Å². The van der Waals surface area contributed by atoms with E-state index in [4.69, 9.17) is 4.74 Å². The predicted octanol–water partition coefficient (Wildman–Crippen LogP) is 2.95. The Labute approximate surface area is 194 Å². The minimum atomic E-state index is -0.904. The molecule has 1 amide bonds. The highest BCUT2D eigenvalue weighted by Gasteiger charge is 2.33. The molecule has 1 aliphatic heterocycles. The molecular formula is C22H23FN4O7. The Bertz CT molecular complexity index is 1110. The summed E-state index contributed by atoms with van der Waals surface area (Å²) in [5, 5.41) is 22.4. The normalized spacial score (nSPS) is 18.4. The molecule has 3 rings (SSSR count). The molecule has 2 atom stereocenters. The van der Waals surface area contributed by atoms with Crippen LogP contribution in [0.4, 0.5) is 15.8 Å². The molecule has 1 saturated heterocycles. The summed E-state index contributed by atoms with van der Waals surface area (Å²) in [6.07, 6.45) is 0.207. The molecule has 1 heterocycles. The number of rotatable bonds is 8. The standard InChI is InChI=1S/C22H23FN4O7/c1-14-10-25(15(2)9-24(14)11-16-3-5-18(23)6-4-16)21(29)13-34-22-17(12-28)7-19(26(30)31)8-20(22)27(32)33/h3-8,12,14-15H,9-11,13H2,1-2H3/t14-,15+/m1/s1. The number of hydrogen-bond donors (Lipinski definition) is 0. The van der Waals surface area contributed by atoms with Gasteiger partial charge >= 0.3 is 5.69 Å². The first-order valence-electron chi connectivity index (χ1n) is 10.4. The zero-order valence-corrected chi connectivity index (χ0v) is 18.5. The molecule has 1 fully saturated rings. The highest BCUT2D eigenvalue weighted by atomic mass is 19.1. The van der Waals surface area contributed by atoms with Crippen LogP contribution >= 0.6 is 0 Å². The van der Waals surface area contributed by atoms with E-state index in [1.54, 1.807) is 17.0 Å². The van der Waals surface area contributed by atoms with Crippen LogP contribution < -0.4 is 4.74 Å². The van der Waals surface area contributed by atoms with E-state index >= 15 is 0 Å². The second-order valence-electron chi connectivity index (χ2n) is 8.10. The molecule has 11 nitrogen and oxygen atoms in total. The van der Waals surface area contributed by atoms with Gasteiger partial charge in [0.1, 0.15) is 5.82 Å². The minimum Gasteiger partial charge on any atom is -0.476 e. The van der Waals surface area contributed by atoms with Crippen molar-refractivity contribution in [3.63, 3.8) is 0 Å². The van der Waals surface area contributed by atoms with Gasteiger partial charge in [0.2, 0.25) is 5.75 Å². The van der Waals surface area contributed by atoms with Gasteiger partial charge in [-0.15, -0.1) is 0 Å². The van der Waals surface area contributed by atoms with Crippen molar-refractivity contribution in [2.45, 2.75) is 32.5 Å². The lowest BCUT2D eigenvalue weighted by molar-refractivity contribution is -0.394.